The van der Waals surface area contributed by atoms with Gasteiger partial charge in [0.05, 0.1) is 18.7 Å². The summed E-state index contributed by atoms with van der Waals surface area (Å²) in [4.78, 5) is 11.9. The maximum Gasteiger partial charge on any atom is 0.233 e. The lowest BCUT2D eigenvalue weighted by Crippen LogP contribution is -2.29. The van der Waals surface area contributed by atoms with Crippen LogP contribution in [0, 0.1) is 11.6 Å². The van der Waals surface area contributed by atoms with Gasteiger partial charge in [0.15, 0.2) is 0 Å². The van der Waals surface area contributed by atoms with E-state index in [0.29, 0.717) is 5.69 Å². The van der Waals surface area contributed by atoms with Gasteiger partial charge in [-0.25, -0.2) is 8.78 Å². The Balaban J connectivity index is 1.45. The van der Waals surface area contributed by atoms with Gasteiger partial charge < -0.3 is 10.1 Å². The number of halogens is 3. The molecule has 0 aliphatic carbocycles. The first-order valence-electron chi connectivity index (χ1n) is 8.45. The van der Waals surface area contributed by atoms with Crippen molar-refractivity contribution in [2.24, 2.45) is 0 Å². The highest BCUT2D eigenvalue weighted by Gasteiger charge is 2.11. The molecule has 1 aromatic heterocycles. The zero-order valence-corrected chi connectivity index (χ0v) is 15.4. The first kappa shape index (κ1) is 19.7. The summed E-state index contributed by atoms with van der Waals surface area (Å²) in [5.41, 5.74) is 1.48. The maximum atomic E-state index is 13.7. The molecule has 3 rings (SSSR count). The maximum absolute atomic E-state index is 13.7. The second-order valence-corrected chi connectivity index (χ2v) is 6.25. The van der Waals surface area contributed by atoms with Crippen LogP contribution in [-0.2, 0) is 11.2 Å². The van der Waals surface area contributed by atoms with Crippen molar-refractivity contribution in [2.45, 2.75) is 6.42 Å². The Morgan fingerprint density at radius 2 is 1.82 bits per heavy atom. The van der Waals surface area contributed by atoms with E-state index in [4.69, 9.17) is 16.3 Å². The van der Waals surface area contributed by atoms with E-state index in [1.165, 1.54) is 30.3 Å². The lowest BCUT2D eigenvalue weighted by atomic mass is 10.1. The Labute approximate surface area is 165 Å². The van der Waals surface area contributed by atoms with Crippen LogP contribution < -0.4 is 10.1 Å². The van der Waals surface area contributed by atoms with Crippen LogP contribution in [0.15, 0.2) is 54.6 Å². The number of aromatic nitrogens is 2. The van der Waals surface area contributed by atoms with E-state index >= 15 is 0 Å². The van der Waals surface area contributed by atoms with Crippen LogP contribution in [-0.4, -0.2) is 29.3 Å². The minimum Gasteiger partial charge on any atom is -0.475 e. The van der Waals surface area contributed by atoms with Gasteiger partial charge in [-0.05, 0) is 42.5 Å². The molecule has 1 N–H and O–H groups in total. The van der Waals surface area contributed by atoms with Crippen LogP contribution in [0.25, 0.3) is 11.3 Å². The minimum absolute atomic E-state index is 0.155. The number of hydrogen-bond donors (Lipinski definition) is 1. The molecule has 1 heterocycles. The summed E-state index contributed by atoms with van der Waals surface area (Å²) in [6.45, 7) is 0.383. The van der Waals surface area contributed by atoms with E-state index in [0.717, 1.165) is 5.56 Å². The fourth-order valence-electron chi connectivity index (χ4n) is 2.44. The Morgan fingerprint density at radius 3 is 2.50 bits per heavy atom. The second kappa shape index (κ2) is 9.23. The van der Waals surface area contributed by atoms with Gasteiger partial charge in [0, 0.05) is 22.2 Å². The Morgan fingerprint density at radius 1 is 1.04 bits per heavy atom. The Kier molecular flexibility index (Phi) is 6.49. The van der Waals surface area contributed by atoms with Crippen molar-refractivity contribution in [1.29, 1.82) is 0 Å². The SMILES string of the molecule is O=C(Cc1c(F)cccc1Cl)NCCOc1ccc(-c2ccc(F)cc2)nn1. The number of hydrogen-bond acceptors (Lipinski definition) is 4. The third-order valence-corrected chi connectivity index (χ3v) is 4.21. The van der Waals surface area contributed by atoms with Crippen LogP contribution in [0.2, 0.25) is 5.02 Å². The van der Waals surface area contributed by atoms with Gasteiger partial charge in [-0.1, -0.05) is 17.7 Å². The van der Waals surface area contributed by atoms with E-state index in [9.17, 15) is 13.6 Å². The molecule has 5 nitrogen and oxygen atoms in total. The van der Waals surface area contributed by atoms with Gasteiger partial charge >= 0.3 is 0 Å². The molecule has 0 spiro atoms. The molecule has 0 unspecified atom stereocenters. The summed E-state index contributed by atoms with van der Waals surface area (Å²) < 4.78 is 32.0. The number of amides is 1. The lowest BCUT2D eigenvalue weighted by Gasteiger charge is -2.08. The predicted octanol–water partition coefficient (Wildman–Crippen LogP) is 3.81. The summed E-state index contributed by atoms with van der Waals surface area (Å²) >= 11 is 5.90. The zero-order chi connectivity index (χ0) is 19.9. The molecule has 1 amide bonds. The van der Waals surface area contributed by atoms with Crippen molar-refractivity contribution < 1.29 is 18.3 Å². The fourth-order valence-corrected chi connectivity index (χ4v) is 2.67. The smallest absolute Gasteiger partial charge is 0.233 e. The van der Waals surface area contributed by atoms with Gasteiger partial charge in [-0.15, -0.1) is 10.2 Å². The normalized spacial score (nSPS) is 10.5. The van der Waals surface area contributed by atoms with Crippen LogP contribution in [0.3, 0.4) is 0 Å². The van der Waals surface area contributed by atoms with Gasteiger partial charge in [0.2, 0.25) is 11.8 Å². The van der Waals surface area contributed by atoms with Crippen molar-refractivity contribution >= 4 is 17.5 Å². The number of carbonyl (C=O) groups excluding carboxylic acids is 1. The molecule has 0 aliphatic rings. The number of nitrogens with zero attached hydrogens (tertiary/aromatic N) is 2. The number of nitrogens with one attached hydrogen (secondary N) is 1. The molecule has 0 radical (unpaired) electrons. The van der Waals surface area contributed by atoms with Gasteiger partial charge in [0.25, 0.3) is 0 Å². The molecule has 8 heteroatoms. The van der Waals surface area contributed by atoms with Gasteiger partial charge in [0.1, 0.15) is 18.2 Å². The molecule has 0 atom stereocenters. The summed E-state index contributed by atoms with van der Waals surface area (Å²) in [6, 6.07) is 13.5. The third kappa shape index (κ3) is 5.23. The highest BCUT2D eigenvalue weighted by molar-refractivity contribution is 6.31. The molecule has 0 saturated heterocycles. The number of ether oxygens (including phenoxy) is 1. The number of benzene rings is 2. The number of carbonyl (C=O) groups is 1. The van der Waals surface area contributed by atoms with Crippen molar-refractivity contribution in [3.05, 3.63) is 76.8 Å². The third-order valence-electron chi connectivity index (χ3n) is 3.85. The fraction of sp³-hybridized carbons (Fsp3) is 0.150. The van der Waals surface area contributed by atoms with Crippen molar-refractivity contribution in [3.63, 3.8) is 0 Å². The Hall–Kier alpha value is -3.06. The van der Waals surface area contributed by atoms with Crippen molar-refractivity contribution in [1.82, 2.24) is 15.5 Å². The van der Waals surface area contributed by atoms with Crippen LogP contribution in [0.5, 0.6) is 5.88 Å². The lowest BCUT2D eigenvalue weighted by molar-refractivity contribution is -0.120. The standard InChI is InChI=1S/C20H16ClF2N3O2/c21-16-2-1-3-17(23)15(16)12-19(27)24-10-11-28-20-9-8-18(25-26-20)13-4-6-14(22)7-5-13/h1-9H,10-12H2,(H,24,27). The van der Waals surface area contributed by atoms with E-state index in [1.807, 2.05) is 0 Å². The summed E-state index contributed by atoms with van der Waals surface area (Å²) in [5, 5.41) is 10.8. The molecule has 144 valence electrons. The second-order valence-electron chi connectivity index (χ2n) is 5.84. The van der Waals surface area contributed by atoms with E-state index in [1.54, 1.807) is 24.3 Å². The van der Waals surface area contributed by atoms with Gasteiger partial charge in [-0.3, -0.25) is 4.79 Å². The van der Waals surface area contributed by atoms with E-state index < -0.39 is 5.82 Å². The summed E-state index contributed by atoms with van der Waals surface area (Å²) in [5.74, 6) is -0.919. The average Bonchev–Trinajstić information content (AvgIpc) is 2.69. The van der Waals surface area contributed by atoms with E-state index in [2.05, 4.69) is 15.5 Å². The summed E-state index contributed by atoms with van der Waals surface area (Å²) in [7, 11) is 0. The van der Waals surface area contributed by atoms with Crippen LogP contribution in [0.1, 0.15) is 5.56 Å². The topological polar surface area (TPSA) is 64.1 Å². The molecule has 3 aromatic rings. The summed E-state index contributed by atoms with van der Waals surface area (Å²) in [6.07, 6.45) is -0.155. The van der Waals surface area contributed by atoms with Crippen molar-refractivity contribution in [2.75, 3.05) is 13.2 Å². The predicted molar refractivity (Wildman–Crippen MR) is 101 cm³/mol. The molecular weight excluding hydrogens is 388 g/mol. The molecule has 0 bridgehead atoms. The quantitative estimate of drug-likeness (QED) is 0.609. The van der Waals surface area contributed by atoms with E-state index in [-0.39, 0.29) is 47.8 Å². The molecule has 0 fully saturated rings. The highest BCUT2D eigenvalue weighted by Crippen LogP contribution is 2.19. The largest absolute Gasteiger partial charge is 0.475 e. The molecule has 0 saturated carbocycles. The molecule has 0 aliphatic heterocycles. The monoisotopic (exact) mass is 403 g/mol. The number of rotatable bonds is 7. The zero-order valence-electron chi connectivity index (χ0n) is 14.7. The Bertz CT molecular complexity index is 930. The molecule has 2 aromatic carbocycles. The first-order chi connectivity index (χ1) is 13.5. The van der Waals surface area contributed by atoms with Crippen LogP contribution >= 0.6 is 11.6 Å². The molecule has 28 heavy (non-hydrogen) atoms. The average molecular weight is 404 g/mol. The highest BCUT2D eigenvalue weighted by atomic mass is 35.5. The minimum atomic E-state index is -0.518. The molecular formula is C20H16ClF2N3O2. The van der Waals surface area contributed by atoms with Gasteiger partial charge in [-0.2, -0.15) is 0 Å². The van der Waals surface area contributed by atoms with Crippen LogP contribution in [0.4, 0.5) is 8.78 Å². The van der Waals surface area contributed by atoms with Crippen molar-refractivity contribution in [3.8, 4) is 17.1 Å². The first-order valence-corrected chi connectivity index (χ1v) is 8.83.